The predicted molar refractivity (Wildman–Crippen MR) is 110 cm³/mol. The molecular weight excluding hydrogens is 362 g/mol. The van der Waals surface area contributed by atoms with Crippen LogP contribution in [0.5, 0.6) is 5.75 Å². The lowest BCUT2D eigenvalue weighted by Gasteiger charge is -2.43. The van der Waals surface area contributed by atoms with Gasteiger partial charge in [-0.1, -0.05) is 11.6 Å². The number of aryl methyl sites for hydroxylation is 1. The Morgan fingerprint density at radius 3 is 2.67 bits per heavy atom. The predicted octanol–water partition coefficient (Wildman–Crippen LogP) is 3.16. The van der Waals surface area contributed by atoms with Crippen LogP contribution in [0.25, 0.3) is 11.3 Å². The van der Waals surface area contributed by atoms with E-state index < -0.39 is 0 Å². The van der Waals surface area contributed by atoms with E-state index in [2.05, 4.69) is 39.0 Å². The van der Waals surface area contributed by atoms with Gasteiger partial charge in [-0.3, -0.25) is 0 Å². The number of aromatic hydroxyl groups is 1. The number of fused-ring (bicyclic) bond motifs is 1. The molecule has 1 aromatic heterocycles. The van der Waals surface area contributed by atoms with E-state index >= 15 is 0 Å². The molecule has 2 aliphatic heterocycles. The van der Waals surface area contributed by atoms with Crippen LogP contribution in [0.15, 0.2) is 18.2 Å². The lowest BCUT2D eigenvalue weighted by molar-refractivity contribution is 0.243. The highest BCUT2D eigenvalue weighted by molar-refractivity contribution is 6.31. The lowest BCUT2D eigenvalue weighted by atomic mass is 10.0. The van der Waals surface area contributed by atoms with E-state index in [0.717, 1.165) is 43.2 Å². The molecule has 0 saturated carbocycles. The average Bonchev–Trinajstić information content (AvgIpc) is 2.61. The minimum Gasteiger partial charge on any atom is -0.507 e. The Morgan fingerprint density at radius 1 is 1.11 bits per heavy atom. The van der Waals surface area contributed by atoms with Crippen molar-refractivity contribution in [3.05, 3.63) is 28.8 Å². The van der Waals surface area contributed by atoms with Crippen LogP contribution in [0, 0.1) is 6.92 Å². The summed E-state index contributed by atoms with van der Waals surface area (Å²) in [5, 5.41) is 20.0. The molecule has 7 heteroatoms. The van der Waals surface area contributed by atoms with Crippen LogP contribution in [0.3, 0.4) is 0 Å². The van der Waals surface area contributed by atoms with Crippen LogP contribution in [0.2, 0.25) is 5.02 Å². The molecule has 1 N–H and O–H groups in total. The maximum Gasteiger partial charge on any atom is 0.175 e. The zero-order chi connectivity index (χ0) is 19.1. The van der Waals surface area contributed by atoms with Crippen molar-refractivity contribution in [1.82, 2.24) is 15.1 Å². The Kier molecular flexibility index (Phi) is 4.86. The van der Waals surface area contributed by atoms with Gasteiger partial charge in [-0.2, -0.15) is 0 Å². The topological polar surface area (TPSA) is 55.7 Å². The summed E-state index contributed by atoms with van der Waals surface area (Å²) in [5.41, 5.74) is 3.32. The molecule has 4 rings (SSSR count). The van der Waals surface area contributed by atoms with E-state index in [1.807, 2.05) is 19.1 Å². The number of hydrogen-bond donors (Lipinski definition) is 1. The molecule has 144 valence electrons. The van der Waals surface area contributed by atoms with Crippen LogP contribution in [-0.2, 0) is 0 Å². The van der Waals surface area contributed by atoms with E-state index in [1.165, 1.54) is 12.8 Å². The number of likely N-dealkylation sites (N-methyl/N-ethyl adjacent to an activating group) is 2. The third-order valence-corrected chi connectivity index (χ3v) is 5.91. The maximum absolute atomic E-state index is 10.4. The van der Waals surface area contributed by atoms with E-state index in [4.69, 9.17) is 11.6 Å². The summed E-state index contributed by atoms with van der Waals surface area (Å²) in [6.07, 6.45) is 2.40. The highest BCUT2D eigenvalue weighted by Crippen LogP contribution is 2.39. The van der Waals surface area contributed by atoms with Crippen molar-refractivity contribution in [2.75, 3.05) is 50.1 Å². The fourth-order valence-electron chi connectivity index (χ4n) is 4.27. The Morgan fingerprint density at radius 2 is 1.93 bits per heavy atom. The van der Waals surface area contributed by atoms with Gasteiger partial charge < -0.3 is 19.8 Å². The fraction of sp³-hybridized carbons (Fsp3) is 0.500. The lowest BCUT2D eigenvalue weighted by Crippen LogP contribution is -2.51. The number of rotatable bonds is 2. The number of phenols is 1. The minimum absolute atomic E-state index is 0.137. The zero-order valence-electron chi connectivity index (χ0n) is 16.1. The first-order valence-electron chi connectivity index (χ1n) is 9.47. The van der Waals surface area contributed by atoms with Gasteiger partial charge >= 0.3 is 0 Å². The quantitative estimate of drug-likeness (QED) is 0.854. The number of piperidine rings is 1. The molecule has 1 saturated heterocycles. The molecule has 6 nitrogen and oxygen atoms in total. The summed E-state index contributed by atoms with van der Waals surface area (Å²) >= 11 is 6.05. The van der Waals surface area contributed by atoms with Crippen molar-refractivity contribution in [2.24, 2.45) is 0 Å². The van der Waals surface area contributed by atoms with Gasteiger partial charge in [0, 0.05) is 43.3 Å². The number of phenolic OH excluding ortho intramolecular Hbond substituents is 1. The van der Waals surface area contributed by atoms with Gasteiger partial charge in [0.1, 0.15) is 5.75 Å². The molecule has 27 heavy (non-hydrogen) atoms. The molecule has 2 aromatic rings. The number of hydrogen-bond acceptors (Lipinski definition) is 6. The van der Waals surface area contributed by atoms with Crippen LogP contribution in [-0.4, -0.2) is 66.5 Å². The molecule has 2 aliphatic rings. The molecule has 1 fully saturated rings. The van der Waals surface area contributed by atoms with Gasteiger partial charge in [0.05, 0.1) is 11.4 Å². The second-order valence-corrected chi connectivity index (χ2v) is 8.16. The van der Waals surface area contributed by atoms with Gasteiger partial charge in [0.2, 0.25) is 0 Å². The number of likely N-dealkylation sites (tertiary alicyclic amines) is 1. The summed E-state index contributed by atoms with van der Waals surface area (Å²) < 4.78 is 0. The normalized spacial score (nSPS) is 20.7. The Balaban J connectivity index is 1.73. The molecule has 0 amide bonds. The van der Waals surface area contributed by atoms with Gasteiger partial charge in [-0.05, 0) is 57.1 Å². The molecule has 0 spiro atoms. The monoisotopic (exact) mass is 387 g/mol. The molecular formula is C20H26ClN5O. The summed E-state index contributed by atoms with van der Waals surface area (Å²) in [6.45, 7) is 6.06. The van der Waals surface area contributed by atoms with E-state index in [-0.39, 0.29) is 5.75 Å². The van der Waals surface area contributed by atoms with Crippen molar-refractivity contribution < 1.29 is 5.11 Å². The first-order chi connectivity index (χ1) is 12.9. The second kappa shape index (κ2) is 7.17. The highest BCUT2D eigenvalue weighted by Gasteiger charge is 2.31. The average molecular weight is 388 g/mol. The van der Waals surface area contributed by atoms with Crippen molar-refractivity contribution in [3.63, 3.8) is 0 Å². The highest BCUT2D eigenvalue weighted by atomic mass is 35.5. The van der Waals surface area contributed by atoms with Crippen molar-refractivity contribution in [3.8, 4) is 17.0 Å². The van der Waals surface area contributed by atoms with Crippen molar-refractivity contribution in [1.29, 1.82) is 0 Å². The standard InChI is InChI=1S/C20H26ClN5O/c1-13-9-14(21)10-18(27)19(13)16-11-17-20(23-22-16)26(8-7-25(17)3)15-5-4-6-24(2)12-15/h9-11,15,27H,4-8,12H2,1-3H3/t15-/m1/s1. The zero-order valence-corrected chi connectivity index (χ0v) is 16.9. The minimum atomic E-state index is 0.137. The van der Waals surface area contributed by atoms with Gasteiger partial charge in [0.25, 0.3) is 0 Å². The molecule has 0 radical (unpaired) electrons. The number of nitrogens with zero attached hydrogens (tertiary/aromatic N) is 5. The Hall–Kier alpha value is -2.05. The van der Waals surface area contributed by atoms with Gasteiger partial charge in [0.15, 0.2) is 5.82 Å². The first kappa shape index (κ1) is 18.3. The fourth-order valence-corrected chi connectivity index (χ4v) is 4.54. The Labute approximate surface area is 165 Å². The Bertz CT molecular complexity index is 835. The van der Waals surface area contributed by atoms with E-state index in [1.54, 1.807) is 6.07 Å². The van der Waals surface area contributed by atoms with Crippen LogP contribution in [0.1, 0.15) is 18.4 Å². The third-order valence-electron chi connectivity index (χ3n) is 5.69. The van der Waals surface area contributed by atoms with Crippen LogP contribution in [0.4, 0.5) is 11.5 Å². The summed E-state index contributed by atoms with van der Waals surface area (Å²) in [7, 11) is 4.27. The molecule has 3 heterocycles. The van der Waals surface area contributed by atoms with E-state index in [9.17, 15) is 5.11 Å². The van der Waals surface area contributed by atoms with Crippen molar-refractivity contribution in [2.45, 2.75) is 25.8 Å². The van der Waals surface area contributed by atoms with Crippen LogP contribution < -0.4 is 9.80 Å². The number of benzene rings is 1. The number of anilines is 2. The summed E-state index contributed by atoms with van der Waals surface area (Å²) in [5.74, 6) is 1.08. The molecule has 0 unspecified atom stereocenters. The largest absolute Gasteiger partial charge is 0.507 e. The number of halogens is 1. The molecule has 1 aromatic carbocycles. The van der Waals surface area contributed by atoms with Gasteiger partial charge in [-0.15, -0.1) is 10.2 Å². The molecule has 1 atom stereocenters. The second-order valence-electron chi connectivity index (χ2n) is 7.73. The smallest absolute Gasteiger partial charge is 0.175 e. The summed E-state index contributed by atoms with van der Waals surface area (Å²) in [6, 6.07) is 5.91. The first-order valence-corrected chi connectivity index (χ1v) is 9.85. The van der Waals surface area contributed by atoms with Crippen LogP contribution >= 0.6 is 11.6 Å². The molecule has 0 bridgehead atoms. The molecule has 0 aliphatic carbocycles. The van der Waals surface area contributed by atoms with Gasteiger partial charge in [-0.25, -0.2) is 0 Å². The van der Waals surface area contributed by atoms with E-state index in [0.29, 0.717) is 22.3 Å². The SMILES string of the molecule is Cc1cc(Cl)cc(O)c1-c1cc2c(nn1)N([C@@H]1CCCN(C)C1)CCN2C. The van der Waals surface area contributed by atoms with Crippen molar-refractivity contribution >= 4 is 23.1 Å². The third kappa shape index (κ3) is 3.44. The summed E-state index contributed by atoms with van der Waals surface area (Å²) in [4.78, 5) is 7.03. The maximum atomic E-state index is 10.4. The number of aromatic nitrogens is 2.